The number of alkyl halides is 2. The summed E-state index contributed by atoms with van der Waals surface area (Å²) in [6.45, 7) is -2.50. The van der Waals surface area contributed by atoms with Crippen molar-refractivity contribution in [1.29, 1.82) is 0 Å². The molecule has 0 aliphatic carbocycles. The first kappa shape index (κ1) is 13.9. The van der Waals surface area contributed by atoms with Crippen LogP contribution in [-0.4, -0.2) is 34.5 Å². The molecule has 0 unspecified atom stereocenters. The van der Waals surface area contributed by atoms with Gasteiger partial charge < -0.3 is 9.47 Å². The highest BCUT2D eigenvalue weighted by Crippen LogP contribution is 2.15. The standard InChI is InChI=1S/C12H11F2N3O3/c1-19-11(18)10-15-7-17(16-10)6-8-2-4-9(5-3-8)20-12(13)14/h2-5,7,12H,6H2,1H3. The maximum atomic E-state index is 12.0. The fraction of sp³-hybridized carbons (Fsp3) is 0.250. The molecular formula is C12H11F2N3O3. The van der Waals surface area contributed by atoms with Crippen LogP contribution in [0.25, 0.3) is 0 Å². The molecule has 0 fully saturated rings. The second-order valence-electron chi connectivity index (χ2n) is 3.78. The van der Waals surface area contributed by atoms with Gasteiger partial charge in [0.1, 0.15) is 12.1 Å². The Kier molecular flexibility index (Phi) is 4.24. The number of hydrogen-bond acceptors (Lipinski definition) is 5. The Morgan fingerprint density at radius 1 is 1.35 bits per heavy atom. The van der Waals surface area contributed by atoms with Crippen molar-refractivity contribution in [3.8, 4) is 5.75 Å². The quantitative estimate of drug-likeness (QED) is 0.782. The highest BCUT2D eigenvalue weighted by Gasteiger charge is 2.11. The van der Waals surface area contributed by atoms with Crippen molar-refractivity contribution in [1.82, 2.24) is 14.8 Å². The lowest BCUT2D eigenvalue weighted by atomic mass is 10.2. The minimum absolute atomic E-state index is 0.0369. The van der Waals surface area contributed by atoms with Crippen molar-refractivity contribution in [2.45, 2.75) is 13.2 Å². The molecule has 106 valence electrons. The van der Waals surface area contributed by atoms with Crippen LogP contribution in [0, 0.1) is 0 Å². The van der Waals surface area contributed by atoms with Crippen molar-refractivity contribution >= 4 is 5.97 Å². The molecule has 0 aliphatic heterocycles. The molecule has 0 saturated carbocycles. The van der Waals surface area contributed by atoms with Crippen molar-refractivity contribution in [2.75, 3.05) is 7.11 Å². The van der Waals surface area contributed by atoms with E-state index in [1.165, 1.54) is 30.3 Å². The van der Waals surface area contributed by atoms with Gasteiger partial charge in [0.15, 0.2) is 0 Å². The maximum absolute atomic E-state index is 12.0. The van der Waals surface area contributed by atoms with Gasteiger partial charge >= 0.3 is 12.6 Å². The normalized spacial score (nSPS) is 10.6. The summed E-state index contributed by atoms with van der Waals surface area (Å²) in [5.41, 5.74) is 0.799. The first-order valence-electron chi connectivity index (χ1n) is 5.60. The number of benzene rings is 1. The van der Waals surface area contributed by atoms with Gasteiger partial charge in [-0.2, -0.15) is 8.78 Å². The number of hydrogen-bond donors (Lipinski definition) is 0. The summed E-state index contributed by atoms with van der Waals surface area (Å²) >= 11 is 0. The molecule has 20 heavy (non-hydrogen) atoms. The van der Waals surface area contributed by atoms with E-state index in [2.05, 4.69) is 19.6 Å². The van der Waals surface area contributed by atoms with Crippen LogP contribution >= 0.6 is 0 Å². The van der Waals surface area contributed by atoms with Gasteiger partial charge in [-0.25, -0.2) is 14.5 Å². The second-order valence-corrected chi connectivity index (χ2v) is 3.78. The van der Waals surface area contributed by atoms with Crippen LogP contribution in [0.1, 0.15) is 16.2 Å². The minimum atomic E-state index is -2.85. The van der Waals surface area contributed by atoms with Crippen LogP contribution in [0.3, 0.4) is 0 Å². The number of halogens is 2. The third kappa shape index (κ3) is 3.50. The molecule has 0 amide bonds. The van der Waals surface area contributed by atoms with E-state index in [1.54, 1.807) is 12.1 Å². The van der Waals surface area contributed by atoms with Gasteiger partial charge in [0.05, 0.1) is 13.7 Å². The van der Waals surface area contributed by atoms with Gasteiger partial charge in [-0.05, 0) is 17.7 Å². The Hall–Kier alpha value is -2.51. The monoisotopic (exact) mass is 283 g/mol. The number of aromatic nitrogens is 3. The Balaban J connectivity index is 2.02. The summed E-state index contributed by atoms with van der Waals surface area (Å²) < 4.78 is 34.2. The topological polar surface area (TPSA) is 66.2 Å². The van der Waals surface area contributed by atoms with Crippen LogP contribution in [0.15, 0.2) is 30.6 Å². The van der Waals surface area contributed by atoms with Crippen LogP contribution in [0.5, 0.6) is 5.75 Å². The lowest BCUT2D eigenvalue weighted by molar-refractivity contribution is -0.0498. The fourth-order valence-electron chi connectivity index (χ4n) is 1.52. The average molecular weight is 283 g/mol. The lowest BCUT2D eigenvalue weighted by Gasteiger charge is -2.05. The van der Waals surface area contributed by atoms with E-state index in [4.69, 9.17) is 0 Å². The lowest BCUT2D eigenvalue weighted by Crippen LogP contribution is -2.06. The summed E-state index contributed by atoms with van der Waals surface area (Å²) in [4.78, 5) is 15.0. The first-order chi connectivity index (χ1) is 9.58. The van der Waals surface area contributed by atoms with E-state index in [-0.39, 0.29) is 11.6 Å². The molecule has 0 saturated heterocycles. The molecule has 8 heteroatoms. The van der Waals surface area contributed by atoms with Gasteiger partial charge in [0.2, 0.25) is 0 Å². The highest BCUT2D eigenvalue weighted by molar-refractivity contribution is 5.84. The molecule has 1 aromatic heterocycles. The van der Waals surface area contributed by atoms with E-state index in [0.717, 1.165) is 5.56 Å². The molecule has 2 rings (SSSR count). The zero-order valence-electron chi connectivity index (χ0n) is 10.5. The zero-order valence-corrected chi connectivity index (χ0v) is 10.5. The van der Waals surface area contributed by atoms with Crippen molar-refractivity contribution in [2.24, 2.45) is 0 Å². The van der Waals surface area contributed by atoms with Crippen LogP contribution in [0.4, 0.5) is 8.78 Å². The van der Waals surface area contributed by atoms with Gasteiger partial charge in [-0.15, -0.1) is 5.10 Å². The smallest absolute Gasteiger partial charge is 0.387 e. The van der Waals surface area contributed by atoms with Gasteiger partial charge in [0.25, 0.3) is 5.82 Å². The van der Waals surface area contributed by atoms with Crippen LogP contribution in [-0.2, 0) is 11.3 Å². The predicted octanol–water partition coefficient (Wildman–Crippen LogP) is 1.71. The maximum Gasteiger partial charge on any atom is 0.387 e. The summed E-state index contributed by atoms with van der Waals surface area (Å²) in [7, 11) is 1.24. The summed E-state index contributed by atoms with van der Waals surface area (Å²) in [5.74, 6) is -0.577. The summed E-state index contributed by atoms with van der Waals surface area (Å²) in [6.07, 6.45) is 1.38. The van der Waals surface area contributed by atoms with Crippen LogP contribution < -0.4 is 4.74 Å². The number of ether oxygens (including phenoxy) is 2. The van der Waals surface area contributed by atoms with Crippen molar-refractivity contribution in [3.05, 3.63) is 42.0 Å². The Labute approximate surface area is 112 Å². The van der Waals surface area contributed by atoms with Crippen LogP contribution in [0.2, 0.25) is 0 Å². The first-order valence-corrected chi connectivity index (χ1v) is 5.60. The third-order valence-corrected chi connectivity index (χ3v) is 2.40. The van der Waals surface area contributed by atoms with E-state index in [9.17, 15) is 13.6 Å². The molecule has 2 aromatic rings. The van der Waals surface area contributed by atoms with Gasteiger partial charge in [-0.1, -0.05) is 12.1 Å². The molecular weight excluding hydrogens is 272 g/mol. The molecule has 0 N–H and O–H groups in total. The molecule has 1 aromatic carbocycles. The Bertz CT molecular complexity index is 584. The van der Waals surface area contributed by atoms with Gasteiger partial charge in [0, 0.05) is 0 Å². The number of rotatable bonds is 5. The number of nitrogens with zero attached hydrogens (tertiary/aromatic N) is 3. The van der Waals surface area contributed by atoms with Crippen molar-refractivity contribution < 1.29 is 23.0 Å². The summed E-state index contributed by atoms with van der Waals surface area (Å²) in [6, 6.07) is 6.10. The number of carbonyl (C=O) groups excluding carboxylic acids is 1. The molecule has 0 aliphatic rings. The van der Waals surface area contributed by atoms with E-state index < -0.39 is 12.6 Å². The second kappa shape index (κ2) is 6.09. The van der Waals surface area contributed by atoms with E-state index >= 15 is 0 Å². The highest BCUT2D eigenvalue weighted by atomic mass is 19.3. The summed E-state index contributed by atoms with van der Waals surface area (Å²) in [5, 5.41) is 3.93. The molecule has 0 radical (unpaired) electrons. The average Bonchev–Trinajstić information content (AvgIpc) is 2.88. The Morgan fingerprint density at radius 3 is 2.65 bits per heavy atom. The van der Waals surface area contributed by atoms with E-state index in [1.807, 2.05) is 0 Å². The SMILES string of the molecule is COC(=O)c1ncn(Cc2ccc(OC(F)F)cc2)n1. The molecule has 0 atom stereocenters. The molecule has 0 spiro atoms. The molecule has 1 heterocycles. The fourth-order valence-corrected chi connectivity index (χ4v) is 1.52. The third-order valence-electron chi connectivity index (χ3n) is 2.40. The number of methoxy groups -OCH3 is 1. The van der Waals surface area contributed by atoms with E-state index in [0.29, 0.717) is 6.54 Å². The largest absolute Gasteiger partial charge is 0.463 e. The van der Waals surface area contributed by atoms with Gasteiger partial charge in [-0.3, -0.25) is 0 Å². The Morgan fingerprint density at radius 2 is 2.05 bits per heavy atom. The number of carbonyl (C=O) groups is 1. The number of esters is 1. The minimum Gasteiger partial charge on any atom is -0.463 e. The zero-order chi connectivity index (χ0) is 14.5. The molecule has 0 bridgehead atoms. The molecule has 6 nitrogen and oxygen atoms in total. The van der Waals surface area contributed by atoms with Crippen molar-refractivity contribution in [3.63, 3.8) is 0 Å². The predicted molar refractivity (Wildman–Crippen MR) is 63.5 cm³/mol.